The quantitative estimate of drug-likeness (QED) is 0.439. The van der Waals surface area contributed by atoms with E-state index in [1.54, 1.807) is 24.3 Å². The lowest BCUT2D eigenvalue weighted by Gasteiger charge is -2.13. The van der Waals surface area contributed by atoms with Gasteiger partial charge in [-0.3, -0.25) is 9.59 Å². The number of carbonyl (C=O) groups excluding carboxylic acids is 2. The molecule has 0 spiro atoms. The van der Waals surface area contributed by atoms with Gasteiger partial charge in [-0.15, -0.1) is 0 Å². The SMILES string of the molecule is O=C1c2ccccc2C(=O)c2[nH]c(-c3cc4ccc3CCc3ccc(cc3)CC4)nc21. The summed E-state index contributed by atoms with van der Waals surface area (Å²) in [6.45, 7) is 0. The molecule has 4 heteroatoms. The van der Waals surface area contributed by atoms with E-state index in [1.807, 2.05) is 0 Å². The van der Waals surface area contributed by atoms with Gasteiger partial charge in [0.2, 0.25) is 11.6 Å². The van der Waals surface area contributed by atoms with Crippen LogP contribution in [0.1, 0.15) is 54.4 Å². The van der Waals surface area contributed by atoms with Crippen molar-refractivity contribution >= 4 is 11.6 Å². The summed E-state index contributed by atoms with van der Waals surface area (Å²) in [6.07, 6.45) is 3.69. The summed E-state index contributed by atoms with van der Waals surface area (Å²) in [5.74, 6) is 0.234. The molecule has 4 bridgehead atoms. The molecule has 0 saturated carbocycles. The fourth-order valence-corrected chi connectivity index (χ4v) is 4.63. The Morgan fingerprint density at radius 3 is 2.00 bits per heavy atom. The molecule has 0 amide bonds. The summed E-state index contributed by atoms with van der Waals surface area (Å²) in [5.41, 5.74) is 7.39. The Labute approximate surface area is 180 Å². The van der Waals surface area contributed by atoms with Crippen molar-refractivity contribution in [3.63, 3.8) is 0 Å². The lowest BCUT2D eigenvalue weighted by atomic mass is 9.90. The Balaban J connectivity index is 1.46. The van der Waals surface area contributed by atoms with Gasteiger partial charge in [-0.2, -0.15) is 0 Å². The average molecular weight is 404 g/mol. The number of hydrogen-bond donors (Lipinski definition) is 1. The van der Waals surface area contributed by atoms with E-state index in [0.29, 0.717) is 22.6 Å². The van der Waals surface area contributed by atoms with Crippen molar-refractivity contribution in [2.24, 2.45) is 0 Å². The second-order valence-corrected chi connectivity index (χ2v) is 8.32. The predicted molar refractivity (Wildman–Crippen MR) is 119 cm³/mol. The van der Waals surface area contributed by atoms with Crippen molar-refractivity contribution in [1.82, 2.24) is 9.97 Å². The third-order valence-electron chi connectivity index (χ3n) is 6.40. The zero-order valence-electron chi connectivity index (χ0n) is 16.9. The molecule has 9 rings (SSSR count). The number of fused-ring (bicyclic) bond motifs is 2. The van der Waals surface area contributed by atoms with Gasteiger partial charge in [0.25, 0.3) is 0 Å². The van der Waals surface area contributed by atoms with Crippen LogP contribution in [0.4, 0.5) is 0 Å². The van der Waals surface area contributed by atoms with E-state index in [9.17, 15) is 9.59 Å². The van der Waals surface area contributed by atoms with Crippen molar-refractivity contribution in [1.29, 1.82) is 0 Å². The smallest absolute Gasteiger partial charge is 0.214 e. The van der Waals surface area contributed by atoms with Gasteiger partial charge in [-0.25, -0.2) is 4.98 Å². The van der Waals surface area contributed by atoms with Crippen LogP contribution in [-0.2, 0) is 25.7 Å². The molecule has 0 unspecified atom stereocenters. The van der Waals surface area contributed by atoms with Crippen LogP contribution >= 0.6 is 0 Å². The van der Waals surface area contributed by atoms with Crippen LogP contribution in [0, 0.1) is 0 Å². The highest BCUT2D eigenvalue weighted by Gasteiger charge is 2.33. The maximum atomic E-state index is 13.0. The first kappa shape index (κ1) is 18.0. The minimum Gasteiger partial charge on any atom is -0.335 e. The van der Waals surface area contributed by atoms with E-state index in [1.165, 1.54) is 16.7 Å². The summed E-state index contributed by atoms with van der Waals surface area (Å²) in [4.78, 5) is 33.8. The lowest BCUT2D eigenvalue weighted by Crippen LogP contribution is -2.20. The third kappa shape index (κ3) is 2.95. The number of aryl methyl sites for hydroxylation is 4. The highest BCUT2D eigenvalue weighted by Crippen LogP contribution is 2.31. The number of rotatable bonds is 1. The topological polar surface area (TPSA) is 62.8 Å². The van der Waals surface area contributed by atoms with Gasteiger partial charge in [0.05, 0.1) is 0 Å². The molecular formula is C27H20N2O2. The lowest BCUT2D eigenvalue weighted by molar-refractivity contribution is 0.0974. The summed E-state index contributed by atoms with van der Waals surface area (Å²) in [7, 11) is 0. The van der Waals surface area contributed by atoms with Gasteiger partial charge in [-0.1, -0.05) is 60.7 Å². The van der Waals surface area contributed by atoms with Crippen LogP contribution in [0.25, 0.3) is 11.4 Å². The Bertz CT molecular complexity index is 1310. The van der Waals surface area contributed by atoms with E-state index in [4.69, 9.17) is 0 Å². The summed E-state index contributed by atoms with van der Waals surface area (Å²) >= 11 is 0. The van der Waals surface area contributed by atoms with Gasteiger partial charge < -0.3 is 4.98 Å². The molecule has 4 aromatic rings. The normalized spacial score (nSPS) is 14.7. The van der Waals surface area contributed by atoms with Crippen LogP contribution in [0.15, 0.2) is 66.7 Å². The van der Waals surface area contributed by atoms with Gasteiger partial charge in [-0.05, 0) is 54.0 Å². The van der Waals surface area contributed by atoms with E-state index in [0.717, 1.165) is 36.8 Å². The number of nitrogens with one attached hydrogen (secondary N) is 1. The second-order valence-electron chi connectivity index (χ2n) is 8.32. The first-order chi connectivity index (χ1) is 15.2. The average Bonchev–Trinajstić information content (AvgIpc) is 3.25. The molecule has 31 heavy (non-hydrogen) atoms. The second kappa shape index (κ2) is 6.88. The molecule has 1 aromatic heterocycles. The molecule has 1 N–H and O–H groups in total. The van der Waals surface area contributed by atoms with Crippen LogP contribution in [-0.4, -0.2) is 21.5 Å². The number of aromatic nitrogens is 2. The number of benzene rings is 3. The monoisotopic (exact) mass is 404 g/mol. The number of imidazole rings is 1. The molecule has 0 atom stereocenters. The van der Waals surface area contributed by atoms with Crippen LogP contribution in [0.5, 0.6) is 0 Å². The standard InChI is InChI=1S/C27H20N2O2/c30-25-20-3-1-2-4-21(20)26(31)24-23(25)28-27(29-24)22-15-18-10-9-16-5-7-17(8-6-16)11-13-19(22)14-12-18/h1-8,12,14-15H,9-11,13H2,(H,28,29). The first-order valence-electron chi connectivity index (χ1n) is 10.7. The van der Waals surface area contributed by atoms with E-state index in [2.05, 4.69) is 52.4 Å². The number of ketones is 2. The molecule has 0 aliphatic heterocycles. The minimum absolute atomic E-state index is 0.171. The van der Waals surface area contributed by atoms with Gasteiger partial charge in [0, 0.05) is 16.7 Å². The zero-order valence-corrected chi connectivity index (χ0v) is 16.9. The summed E-state index contributed by atoms with van der Waals surface area (Å²) in [6, 6.07) is 22.3. The molecule has 4 nitrogen and oxygen atoms in total. The Morgan fingerprint density at radius 2 is 1.26 bits per heavy atom. The molecule has 0 radical (unpaired) electrons. The van der Waals surface area contributed by atoms with E-state index >= 15 is 0 Å². The number of hydrogen-bond acceptors (Lipinski definition) is 3. The highest BCUT2D eigenvalue weighted by atomic mass is 16.1. The van der Waals surface area contributed by atoms with Gasteiger partial charge in [0.1, 0.15) is 17.2 Å². The maximum absolute atomic E-state index is 13.0. The first-order valence-corrected chi connectivity index (χ1v) is 10.7. The minimum atomic E-state index is -0.195. The largest absolute Gasteiger partial charge is 0.335 e. The molecule has 0 saturated heterocycles. The number of nitrogens with zero attached hydrogens (tertiary/aromatic N) is 1. The summed E-state index contributed by atoms with van der Waals surface area (Å²) < 4.78 is 0. The molecule has 150 valence electrons. The fourth-order valence-electron chi connectivity index (χ4n) is 4.63. The molecule has 0 fully saturated rings. The predicted octanol–water partition coefficient (Wildman–Crippen LogP) is 4.74. The van der Waals surface area contributed by atoms with Crippen LogP contribution < -0.4 is 0 Å². The highest BCUT2D eigenvalue weighted by molar-refractivity contribution is 6.27. The van der Waals surface area contributed by atoms with Crippen LogP contribution in [0.3, 0.4) is 0 Å². The number of aromatic amines is 1. The van der Waals surface area contributed by atoms with Crippen molar-refractivity contribution < 1.29 is 9.59 Å². The Hall–Kier alpha value is -3.79. The van der Waals surface area contributed by atoms with E-state index in [-0.39, 0.29) is 17.3 Å². The summed E-state index contributed by atoms with van der Waals surface area (Å²) in [5, 5.41) is 0. The molecule has 1 heterocycles. The van der Waals surface area contributed by atoms with E-state index < -0.39 is 0 Å². The van der Waals surface area contributed by atoms with Crippen molar-refractivity contribution in [3.8, 4) is 11.4 Å². The molecule has 5 aliphatic carbocycles. The van der Waals surface area contributed by atoms with Gasteiger partial charge >= 0.3 is 0 Å². The number of carbonyl (C=O) groups is 2. The molecular weight excluding hydrogens is 384 g/mol. The Morgan fingerprint density at radius 1 is 0.645 bits per heavy atom. The zero-order chi connectivity index (χ0) is 20.9. The van der Waals surface area contributed by atoms with Crippen LogP contribution in [0.2, 0.25) is 0 Å². The van der Waals surface area contributed by atoms with Crippen molar-refractivity contribution in [3.05, 3.63) is 111 Å². The fraction of sp³-hybridized carbons (Fsp3) is 0.148. The van der Waals surface area contributed by atoms with Crippen molar-refractivity contribution in [2.45, 2.75) is 25.7 Å². The number of H-pyrrole nitrogens is 1. The molecule has 5 aliphatic rings. The molecule has 3 aromatic carbocycles. The van der Waals surface area contributed by atoms with Gasteiger partial charge in [0.15, 0.2) is 0 Å². The third-order valence-corrected chi connectivity index (χ3v) is 6.40. The Kier molecular flexibility index (Phi) is 4.00. The van der Waals surface area contributed by atoms with Crippen molar-refractivity contribution in [2.75, 3.05) is 0 Å². The maximum Gasteiger partial charge on any atom is 0.214 e.